The van der Waals surface area contributed by atoms with Gasteiger partial charge in [-0.15, -0.1) is 6.61 Å². The first-order valence-electron chi connectivity index (χ1n) is 3.82. The molecule has 0 aromatic heterocycles. The van der Waals surface area contributed by atoms with E-state index in [9.17, 15) is 5.11 Å². The summed E-state index contributed by atoms with van der Waals surface area (Å²) in [5.41, 5.74) is 0.111. The van der Waals surface area contributed by atoms with Gasteiger partial charge < -0.3 is 11.3 Å². The minimum absolute atomic E-state index is 0. The molecule has 2 nitrogen and oxygen atoms in total. The van der Waals surface area contributed by atoms with E-state index in [1.807, 2.05) is 0 Å². The second-order valence-corrected chi connectivity index (χ2v) is 2.70. The number of rotatable bonds is 4. The summed E-state index contributed by atoms with van der Waals surface area (Å²) in [4.78, 5) is 0. The van der Waals surface area contributed by atoms with Gasteiger partial charge in [-0.3, -0.25) is 0 Å². The average Bonchev–Trinajstić information content (AvgIpc) is 1.95. The van der Waals surface area contributed by atoms with E-state index < -0.39 is 0 Å². The van der Waals surface area contributed by atoms with Crippen molar-refractivity contribution in [1.82, 2.24) is 6.15 Å². The fourth-order valence-corrected chi connectivity index (χ4v) is 1.06. The Balaban J connectivity index is 0. The van der Waals surface area contributed by atoms with E-state index in [-0.39, 0.29) is 18.2 Å². The van der Waals surface area contributed by atoms with Gasteiger partial charge in [0.05, 0.1) is 0 Å². The zero-order valence-electron chi connectivity index (χ0n) is 7.74. The quantitative estimate of drug-likeness (QED) is 0.649. The third kappa shape index (κ3) is 2.67. The van der Waals surface area contributed by atoms with E-state index in [0.717, 1.165) is 19.3 Å². The lowest BCUT2D eigenvalue weighted by atomic mass is 9.81. The maximum absolute atomic E-state index is 10.6. The maximum Gasteiger partial charge on any atom is -0.0459 e. The number of quaternary nitrogens is 1. The smallest absolute Gasteiger partial charge is 0.0459 e. The van der Waals surface area contributed by atoms with E-state index in [2.05, 4.69) is 20.8 Å². The average molecular weight is 147 g/mol. The Morgan fingerprint density at radius 2 is 1.30 bits per heavy atom. The van der Waals surface area contributed by atoms with Crippen molar-refractivity contribution < 1.29 is 5.11 Å². The Morgan fingerprint density at radius 3 is 1.30 bits per heavy atom. The summed E-state index contributed by atoms with van der Waals surface area (Å²) in [5, 5.41) is 10.6. The zero-order chi connectivity index (χ0) is 7.33. The van der Waals surface area contributed by atoms with Crippen LogP contribution in [0.3, 0.4) is 0 Å². The first kappa shape index (κ1) is 12.6. The first-order chi connectivity index (χ1) is 4.24. The summed E-state index contributed by atoms with van der Waals surface area (Å²) >= 11 is 0. The highest BCUT2D eigenvalue weighted by atomic mass is 16.3. The van der Waals surface area contributed by atoms with E-state index in [1.165, 1.54) is 0 Å². The summed E-state index contributed by atoms with van der Waals surface area (Å²) in [6.45, 7) is 6.40. The monoisotopic (exact) mass is 147 g/mol. The molecule has 0 aliphatic rings. The number of hydrogen-bond donors (Lipinski definition) is 1. The predicted molar refractivity (Wildman–Crippen MR) is 44.2 cm³/mol. The molecule has 0 bridgehead atoms. The minimum Gasteiger partial charge on any atom is -0.854 e. The summed E-state index contributed by atoms with van der Waals surface area (Å²) in [6.07, 6.45) is 3.09. The molecule has 64 valence electrons. The fraction of sp³-hybridized carbons (Fsp3) is 1.00. The van der Waals surface area contributed by atoms with Crippen LogP contribution >= 0.6 is 0 Å². The van der Waals surface area contributed by atoms with Crippen LogP contribution in [0.4, 0.5) is 0 Å². The Bertz CT molecular complexity index is 52.1. The Labute approximate surface area is 64.2 Å². The minimum atomic E-state index is 0. The Kier molecular flexibility index (Phi) is 7.15. The highest BCUT2D eigenvalue weighted by molar-refractivity contribution is 4.72. The third-order valence-electron chi connectivity index (χ3n) is 2.56. The van der Waals surface area contributed by atoms with Crippen molar-refractivity contribution in [3.05, 3.63) is 0 Å². The van der Waals surface area contributed by atoms with Crippen molar-refractivity contribution in [3.8, 4) is 0 Å². The largest absolute Gasteiger partial charge is 0.854 e. The van der Waals surface area contributed by atoms with Crippen molar-refractivity contribution in [3.63, 3.8) is 0 Å². The highest BCUT2D eigenvalue weighted by Crippen LogP contribution is 2.27. The van der Waals surface area contributed by atoms with Crippen LogP contribution in [0.15, 0.2) is 0 Å². The molecule has 0 rings (SSSR count). The standard InChI is InChI=1S/C8H17O.H3N/c1-4-8(5-2,6-3)7-9;/h4-7H2,1-3H3;1H3/q-1;/p+1. The van der Waals surface area contributed by atoms with Crippen molar-refractivity contribution in [2.45, 2.75) is 40.0 Å². The van der Waals surface area contributed by atoms with Crippen LogP contribution < -0.4 is 11.3 Å². The molecule has 0 saturated heterocycles. The van der Waals surface area contributed by atoms with Gasteiger partial charge in [-0.25, -0.2) is 0 Å². The lowest BCUT2D eigenvalue weighted by Gasteiger charge is -2.33. The van der Waals surface area contributed by atoms with Crippen molar-refractivity contribution in [2.24, 2.45) is 5.41 Å². The molecule has 0 atom stereocenters. The van der Waals surface area contributed by atoms with Gasteiger partial charge in [0.25, 0.3) is 0 Å². The van der Waals surface area contributed by atoms with Gasteiger partial charge in [0.2, 0.25) is 0 Å². The van der Waals surface area contributed by atoms with Gasteiger partial charge in [0.1, 0.15) is 0 Å². The van der Waals surface area contributed by atoms with Crippen LogP contribution in [0.5, 0.6) is 0 Å². The van der Waals surface area contributed by atoms with Crippen molar-refractivity contribution in [1.29, 1.82) is 0 Å². The zero-order valence-corrected chi connectivity index (χ0v) is 7.74. The molecule has 0 aliphatic carbocycles. The summed E-state index contributed by atoms with van der Waals surface area (Å²) in [7, 11) is 0. The normalized spacial score (nSPS) is 10.8. The molecule has 0 fully saturated rings. The van der Waals surface area contributed by atoms with Gasteiger partial charge in [-0.2, -0.15) is 0 Å². The van der Waals surface area contributed by atoms with E-state index >= 15 is 0 Å². The van der Waals surface area contributed by atoms with Crippen LogP contribution in [-0.2, 0) is 0 Å². The molecule has 0 amide bonds. The molecule has 0 aromatic carbocycles. The Hall–Kier alpha value is -0.0800. The molecule has 0 unspecified atom stereocenters. The Morgan fingerprint density at radius 1 is 1.00 bits per heavy atom. The third-order valence-corrected chi connectivity index (χ3v) is 2.56. The molecule has 0 spiro atoms. The molecule has 0 aromatic rings. The van der Waals surface area contributed by atoms with E-state index in [1.54, 1.807) is 0 Å². The first-order valence-corrected chi connectivity index (χ1v) is 3.82. The van der Waals surface area contributed by atoms with Gasteiger partial charge >= 0.3 is 0 Å². The lowest BCUT2D eigenvalue weighted by Crippen LogP contribution is -2.30. The SMILES string of the molecule is CCC(CC)(CC)C[O-].[NH4+]. The van der Waals surface area contributed by atoms with Crippen LogP contribution in [0.2, 0.25) is 0 Å². The second-order valence-electron chi connectivity index (χ2n) is 2.70. The summed E-state index contributed by atoms with van der Waals surface area (Å²) in [6, 6.07) is 0. The lowest BCUT2D eigenvalue weighted by molar-refractivity contribution is -0.393. The van der Waals surface area contributed by atoms with E-state index in [0.29, 0.717) is 0 Å². The van der Waals surface area contributed by atoms with Gasteiger partial charge in [-0.1, -0.05) is 40.0 Å². The molecule has 10 heavy (non-hydrogen) atoms. The molecule has 0 saturated carbocycles. The molecule has 0 aliphatic heterocycles. The topological polar surface area (TPSA) is 59.6 Å². The van der Waals surface area contributed by atoms with Gasteiger partial charge in [0, 0.05) is 0 Å². The molecular formula is C8H21NO. The predicted octanol–water partition coefficient (Wildman–Crippen LogP) is 1.94. The van der Waals surface area contributed by atoms with E-state index in [4.69, 9.17) is 0 Å². The van der Waals surface area contributed by atoms with Crippen LogP contribution in [0.25, 0.3) is 0 Å². The highest BCUT2D eigenvalue weighted by Gasteiger charge is 2.17. The van der Waals surface area contributed by atoms with Gasteiger partial charge in [-0.05, 0) is 5.41 Å². The fourth-order valence-electron chi connectivity index (χ4n) is 1.06. The summed E-state index contributed by atoms with van der Waals surface area (Å²) < 4.78 is 0. The molecule has 0 radical (unpaired) electrons. The summed E-state index contributed by atoms with van der Waals surface area (Å²) in [5.74, 6) is 0. The molecule has 4 N–H and O–H groups in total. The molecule has 0 heterocycles. The van der Waals surface area contributed by atoms with Crippen LogP contribution in [0.1, 0.15) is 40.0 Å². The second kappa shape index (κ2) is 5.69. The maximum atomic E-state index is 10.6. The molecular weight excluding hydrogens is 126 g/mol. The van der Waals surface area contributed by atoms with Crippen molar-refractivity contribution >= 4 is 0 Å². The molecule has 2 heteroatoms. The van der Waals surface area contributed by atoms with Gasteiger partial charge in [0.15, 0.2) is 0 Å². The van der Waals surface area contributed by atoms with Crippen molar-refractivity contribution in [2.75, 3.05) is 6.61 Å². The van der Waals surface area contributed by atoms with Crippen LogP contribution in [0, 0.1) is 5.41 Å². The number of hydrogen-bond acceptors (Lipinski definition) is 1. The van der Waals surface area contributed by atoms with Crippen LogP contribution in [-0.4, -0.2) is 6.61 Å².